The van der Waals surface area contributed by atoms with E-state index in [1.807, 2.05) is 19.1 Å². The van der Waals surface area contributed by atoms with E-state index in [-0.39, 0.29) is 11.9 Å². The van der Waals surface area contributed by atoms with Gasteiger partial charge in [-0.3, -0.25) is 9.78 Å². The van der Waals surface area contributed by atoms with Crippen LogP contribution in [0.15, 0.2) is 24.5 Å². The van der Waals surface area contributed by atoms with Gasteiger partial charge in [-0.2, -0.15) is 0 Å². The first-order valence-electron chi connectivity index (χ1n) is 5.68. The van der Waals surface area contributed by atoms with Crippen molar-refractivity contribution in [2.75, 3.05) is 6.54 Å². The highest BCUT2D eigenvalue weighted by Gasteiger charge is 2.21. The van der Waals surface area contributed by atoms with Crippen LogP contribution < -0.4 is 10.6 Å². The van der Waals surface area contributed by atoms with Gasteiger partial charge in [0.25, 0.3) is 0 Å². The SMILES string of the molecule is C[C@@H](NC(=O)CNC1CC1)c1cccnc1. The van der Waals surface area contributed by atoms with Crippen LogP contribution in [0.5, 0.6) is 0 Å². The summed E-state index contributed by atoms with van der Waals surface area (Å²) in [7, 11) is 0. The Kier molecular flexibility index (Phi) is 3.51. The molecule has 1 saturated carbocycles. The standard InChI is InChI=1S/C12H17N3O/c1-9(10-3-2-6-13-7-10)15-12(16)8-14-11-4-5-11/h2-3,6-7,9,11,14H,4-5,8H2,1H3,(H,15,16)/t9-/m1/s1. The zero-order valence-electron chi connectivity index (χ0n) is 9.44. The summed E-state index contributed by atoms with van der Waals surface area (Å²) in [6, 6.07) is 4.42. The fourth-order valence-corrected chi connectivity index (χ4v) is 1.53. The van der Waals surface area contributed by atoms with E-state index in [1.165, 1.54) is 12.8 Å². The number of carbonyl (C=O) groups is 1. The van der Waals surface area contributed by atoms with Gasteiger partial charge in [-0.25, -0.2) is 0 Å². The highest BCUT2D eigenvalue weighted by molar-refractivity contribution is 5.78. The largest absolute Gasteiger partial charge is 0.348 e. The first-order valence-corrected chi connectivity index (χ1v) is 5.68. The van der Waals surface area contributed by atoms with E-state index in [0.29, 0.717) is 12.6 Å². The molecule has 1 heterocycles. The summed E-state index contributed by atoms with van der Waals surface area (Å²) >= 11 is 0. The second-order valence-electron chi connectivity index (χ2n) is 4.23. The lowest BCUT2D eigenvalue weighted by Crippen LogP contribution is -2.36. The molecule has 0 saturated heterocycles. The van der Waals surface area contributed by atoms with Crippen LogP contribution in [0.25, 0.3) is 0 Å². The fraction of sp³-hybridized carbons (Fsp3) is 0.500. The third kappa shape index (κ3) is 3.31. The number of aromatic nitrogens is 1. The monoisotopic (exact) mass is 219 g/mol. The number of amides is 1. The Hall–Kier alpha value is -1.42. The van der Waals surface area contributed by atoms with Crippen molar-refractivity contribution in [2.24, 2.45) is 0 Å². The molecule has 2 N–H and O–H groups in total. The lowest BCUT2D eigenvalue weighted by atomic mass is 10.1. The van der Waals surface area contributed by atoms with Crippen LogP contribution in [0.4, 0.5) is 0 Å². The first kappa shape index (κ1) is 11.1. The van der Waals surface area contributed by atoms with E-state index < -0.39 is 0 Å². The van der Waals surface area contributed by atoms with Crippen LogP contribution in [0.1, 0.15) is 31.4 Å². The average molecular weight is 219 g/mol. The van der Waals surface area contributed by atoms with E-state index in [9.17, 15) is 4.79 Å². The summed E-state index contributed by atoms with van der Waals surface area (Å²) in [5.74, 6) is 0.0447. The Labute approximate surface area is 95.5 Å². The molecule has 1 aliphatic carbocycles. The van der Waals surface area contributed by atoms with Crippen molar-refractivity contribution in [3.8, 4) is 0 Å². The molecule has 86 valence electrons. The molecule has 1 aromatic heterocycles. The molecule has 0 aromatic carbocycles. The minimum atomic E-state index is 0.0159. The van der Waals surface area contributed by atoms with Crippen molar-refractivity contribution >= 4 is 5.91 Å². The summed E-state index contributed by atoms with van der Waals surface area (Å²) in [6.45, 7) is 2.38. The van der Waals surface area contributed by atoms with Gasteiger partial charge < -0.3 is 10.6 Å². The van der Waals surface area contributed by atoms with Crippen LogP contribution in [0, 0.1) is 0 Å². The van der Waals surface area contributed by atoms with E-state index in [1.54, 1.807) is 12.4 Å². The number of pyridine rings is 1. The van der Waals surface area contributed by atoms with Gasteiger partial charge in [-0.15, -0.1) is 0 Å². The zero-order valence-corrected chi connectivity index (χ0v) is 9.44. The zero-order chi connectivity index (χ0) is 11.4. The molecule has 0 spiro atoms. The predicted octanol–water partition coefficient (Wildman–Crippen LogP) is 1.01. The van der Waals surface area contributed by atoms with Crippen LogP contribution in [0.2, 0.25) is 0 Å². The molecule has 0 aliphatic heterocycles. The first-order chi connectivity index (χ1) is 7.75. The Balaban J connectivity index is 1.77. The maximum Gasteiger partial charge on any atom is 0.234 e. The lowest BCUT2D eigenvalue weighted by molar-refractivity contribution is -0.120. The Morgan fingerprint density at radius 1 is 1.62 bits per heavy atom. The van der Waals surface area contributed by atoms with Crippen molar-refractivity contribution in [3.63, 3.8) is 0 Å². The quantitative estimate of drug-likeness (QED) is 0.777. The number of nitrogens with one attached hydrogen (secondary N) is 2. The molecular weight excluding hydrogens is 202 g/mol. The van der Waals surface area contributed by atoms with Crippen molar-refractivity contribution in [1.82, 2.24) is 15.6 Å². The molecule has 0 bridgehead atoms. The van der Waals surface area contributed by atoms with Gasteiger partial charge in [0.05, 0.1) is 12.6 Å². The smallest absolute Gasteiger partial charge is 0.234 e. The molecule has 1 atom stereocenters. The summed E-state index contributed by atoms with van der Waals surface area (Å²) in [6.07, 6.45) is 5.91. The van der Waals surface area contributed by atoms with Gasteiger partial charge in [0.1, 0.15) is 0 Å². The van der Waals surface area contributed by atoms with Crippen molar-refractivity contribution in [2.45, 2.75) is 31.8 Å². The topological polar surface area (TPSA) is 54.0 Å². The van der Waals surface area contributed by atoms with Crippen molar-refractivity contribution in [3.05, 3.63) is 30.1 Å². The molecule has 0 radical (unpaired) electrons. The molecule has 1 aromatic rings. The predicted molar refractivity (Wildman–Crippen MR) is 61.8 cm³/mol. The number of rotatable bonds is 5. The van der Waals surface area contributed by atoms with Gasteiger partial charge >= 0.3 is 0 Å². The molecule has 0 unspecified atom stereocenters. The maximum atomic E-state index is 11.6. The van der Waals surface area contributed by atoms with Crippen LogP contribution in [0.3, 0.4) is 0 Å². The minimum Gasteiger partial charge on any atom is -0.348 e. The van der Waals surface area contributed by atoms with E-state index in [2.05, 4.69) is 15.6 Å². The summed E-state index contributed by atoms with van der Waals surface area (Å²) in [5, 5.41) is 6.12. The fourth-order valence-electron chi connectivity index (χ4n) is 1.53. The van der Waals surface area contributed by atoms with Crippen LogP contribution >= 0.6 is 0 Å². The maximum absolute atomic E-state index is 11.6. The van der Waals surface area contributed by atoms with Crippen LogP contribution in [-0.2, 0) is 4.79 Å². The van der Waals surface area contributed by atoms with E-state index in [4.69, 9.17) is 0 Å². The van der Waals surface area contributed by atoms with Crippen molar-refractivity contribution < 1.29 is 4.79 Å². The Bertz CT molecular complexity index is 349. The Morgan fingerprint density at radius 3 is 3.06 bits per heavy atom. The molecule has 4 heteroatoms. The molecule has 2 rings (SSSR count). The van der Waals surface area contributed by atoms with E-state index >= 15 is 0 Å². The van der Waals surface area contributed by atoms with E-state index in [0.717, 1.165) is 5.56 Å². The highest BCUT2D eigenvalue weighted by Crippen LogP contribution is 2.18. The third-order valence-corrected chi connectivity index (χ3v) is 2.69. The van der Waals surface area contributed by atoms with Gasteiger partial charge in [0.2, 0.25) is 5.91 Å². The molecule has 1 fully saturated rings. The molecular formula is C12H17N3O. The molecule has 16 heavy (non-hydrogen) atoms. The normalized spacial score (nSPS) is 16.8. The molecule has 1 aliphatic rings. The minimum absolute atomic E-state index is 0.0159. The number of hydrogen-bond donors (Lipinski definition) is 2. The Morgan fingerprint density at radius 2 is 2.44 bits per heavy atom. The highest BCUT2D eigenvalue weighted by atomic mass is 16.1. The molecule has 1 amide bonds. The van der Waals surface area contributed by atoms with Gasteiger partial charge in [-0.1, -0.05) is 6.07 Å². The molecule has 4 nitrogen and oxygen atoms in total. The van der Waals surface area contributed by atoms with Gasteiger partial charge in [-0.05, 0) is 31.4 Å². The lowest BCUT2D eigenvalue weighted by Gasteiger charge is -2.13. The average Bonchev–Trinajstić information content (AvgIpc) is 3.11. The van der Waals surface area contributed by atoms with Crippen molar-refractivity contribution in [1.29, 1.82) is 0 Å². The summed E-state index contributed by atoms with van der Waals surface area (Å²) in [5.41, 5.74) is 1.03. The van der Waals surface area contributed by atoms with Gasteiger partial charge in [0, 0.05) is 18.4 Å². The third-order valence-electron chi connectivity index (χ3n) is 2.69. The number of nitrogens with zero attached hydrogens (tertiary/aromatic N) is 1. The number of carbonyl (C=O) groups excluding carboxylic acids is 1. The second-order valence-corrected chi connectivity index (χ2v) is 4.23. The number of hydrogen-bond acceptors (Lipinski definition) is 3. The summed E-state index contributed by atoms with van der Waals surface area (Å²) in [4.78, 5) is 15.6. The summed E-state index contributed by atoms with van der Waals surface area (Å²) < 4.78 is 0. The second kappa shape index (κ2) is 5.07. The van der Waals surface area contributed by atoms with Crippen LogP contribution in [-0.4, -0.2) is 23.5 Å². The van der Waals surface area contributed by atoms with Gasteiger partial charge in [0.15, 0.2) is 0 Å².